The van der Waals surface area contributed by atoms with E-state index >= 15 is 0 Å². The van der Waals surface area contributed by atoms with E-state index in [1.807, 2.05) is 16.7 Å². The minimum Gasteiger partial charge on any atom is -0.493 e. The Morgan fingerprint density at radius 1 is 1.17 bits per heavy atom. The maximum atomic E-state index is 12.5. The minimum absolute atomic E-state index is 0.0610. The second kappa shape index (κ2) is 8.52. The van der Waals surface area contributed by atoms with Crippen molar-refractivity contribution in [2.75, 3.05) is 27.4 Å². The number of hydrogen-bond acceptors (Lipinski definition) is 6. The first-order chi connectivity index (χ1) is 14.5. The van der Waals surface area contributed by atoms with Gasteiger partial charge in [0.15, 0.2) is 16.9 Å². The molecular formula is C23H27NO6. The Morgan fingerprint density at radius 2 is 1.97 bits per heavy atom. The van der Waals surface area contributed by atoms with E-state index in [-0.39, 0.29) is 17.6 Å². The fourth-order valence-corrected chi connectivity index (χ4v) is 4.12. The minimum atomic E-state index is -0.586. The number of benzene rings is 1. The maximum Gasteiger partial charge on any atom is 0.343 e. The van der Waals surface area contributed by atoms with Crippen LogP contribution < -0.4 is 14.9 Å². The third-order valence-electron chi connectivity index (χ3n) is 5.91. The number of pyridine rings is 1. The molecule has 0 spiro atoms. The molecule has 1 aromatic carbocycles. The molecule has 1 aliphatic carbocycles. The second-order valence-electron chi connectivity index (χ2n) is 7.77. The van der Waals surface area contributed by atoms with Crippen LogP contribution in [0.3, 0.4) is 0 Å². The molecule has 30 heavy (non-hydrogen) atoms. The van der Waals surface area contributed by atoms with Gasteiger partial charge in [0.1, 0.15) is 5.56 Å². The zero-order chi connectivity index (χ0) is 21.3. The Hall–Kier alpha value is -2.80. The Morgan fingerprint density at radius 3 is 2.67 bits per heavy atom. The lowest BCUT2D eigenvalue weighted by atomic mass is 9.83. The number of ether oxygens (including phenoxy) is 4. The van der Waals surface area contributed by atoms with Crippen LogP contribution in [0.1, 0.15) is 35.7 Å². The molecule has 7 heteroatoms. The van der Waals surface area contributed by atoms with Crippen molar-refractivity contribution in [2.45, 2.75) is 38.8 Å². The molecule has 0 amide bonds. The number of aromatic nitrogens is 1. The first kappa shape index (κ1) is 20.5. The lowest BCUT2D eigenvalue weighted by Gasteiger charge is -2.34. The second-order valence-corrected chi connectivity index (χ2v) is 7.77. The highest BCUT2D eigenvalue weighted by atomic mass is 16.5. The molecule has 4 rings (SSSR count). The normalized spacial score (nSPS) is 19.3. The summed E-state index contributed by atoms with van der Waals surface area (Å²) in [5.74, 6) is 1.26. The zero-order valence-corrected chi connectivity index (χ0v) is 17.6. The van der Waals surface area contributed by atoms with Gasteiger partial charge in [-0.2, -0.15) is 0 Å². The number of methoxy groups -OCH3 is 2. The van der Waals surface area contributed by atoms with E-state index in [9.17, 15) is 9.59 Å². The van der Waals surface area contributed by atoms with E-state index in [2.05, 4.69) is 0 Å². The van der Waals surface area contributed by atoms with Crippen molar-refractivity contribution in [3.8, 4) is 22.8 Å². The Kier molecular flexibility index (Phi) is 5.81. The number of esters is 1. The zero-order valence-electron chi connectivity index (χ0n) is 17.6. The van der Waals surface area contributed by atoms with Crippen LogP contribution >= 0.6 is 0 Å². The van der Waals surface area contributed by atoms with E-state index in [1.54, 1.807) is 27.3 Å². The van der Waals surface area contributed by atoms with Crippen molar-refractivity contribution in [1.82, 2.24) is 4.57 Å². The highest BCUT2D eigenvalue weighted by molar-refractivity contribution is 5.89. The van der Waals surface area contributed by atoms with Gasteiger partial charge in [-0.1, -0.05) is 0 Å². The predicted octanol–water partition coefficient (Wildman–Crippen LogP) is 3.06. The van der Waals surface area contributed by atoms with E-state index < -0.39 is 5.97 Å². The molecular weight excluding hydrogens is 386 g/mol. The molecule has 160 valence electrons. The average Bonchev–Trinajstić information content (AvgIpc) is 2.71. The lowest BCUT2D eigenvalue weighted by molar-refractivity contribution is -0.0144. The first-order valence-corrected chi connectivity index (χ1v) is 10.3. The molecule has 1 aromatic heterocycles. The molecule has 2 aromatic rings. The van der Waals surface area contributed by atoms with Crippen LogP contribution in [0.2, 0.25) is 0 Å². The molecule has 0 atom stereocenters. The Balaban J connectivity index is 1.61. The van der Waals surface area contributed by atoms with Crippen LogP contribution in [0, 0.1) is 5.92 Å². The third-order valence-corrected chi connectivity index (χ3v) is 5.91. The van der Waals surface area contributed by atoms with Crippen LogP contribution in [0.25, 0.3) is 11.3 Å². The highest BCUT2D eigenvalue weighted by Crippen LogP contribution is 2.39. The molecule has 1 saturated carbocycles. The number of nitrogens with zero attached hydrogens (tertiary/aromatic N) is 1. The van der Waals surface area contributed by atoms with Gasteiger partial charge >= 0.3 is 5.97 Å². The number of carbonyl (C=O) groups excluding carboxylic acids is 1. The average molecular weight is 413 g/mol. The van der Waals surface area contributed by atoms with Gasteiger partial charge in [0.05, 0.1) is 32.1 Å². The van der Waals surface area contributed by atoms with E-state index in [4.69, 9.17) is 18.9 Å². The molecule has 0 saturated heterocycles. The fraction of sp³-hybridized carbons (Fsp3) is 0.478. The van der Waals surface area contributed by atoms with Gasteiger partial charge < -0.3 is 23.5 Å². The number of carbonyl (C=O) groups is 1. The number of aryl methyl sites for hydroxylation is 2. The predicted molar refractivity (Wildman–Crippen MR) is 111 cm³/mol. The highest BCUT2D eigenvalue weighted by Gasteiger charge is 2.30. The summed E-state index contributed by atoms with van der Waals surface area (Å²) in [6, 6.07) is 5.43. The summed E-state index contributed by atoms with van der Waals surface area (Å²) in [5.41, 5.74) is 2.50. The molecule has 1 aliphatic heterocycles. The van der Waals surface area contributed by atoms with Crippen molar-refractivity contribution in [1.29, 1.82) is 0 Å². The lowest BCUT2D eigenvalue weighted by Crippen LogP contribution is -2.34. The van der Waals surface area contributed by atoms with Crippen LogP contribution in [0.5, 0.6) is 11.5 Å². The Bertz CT molecular complexity index is 1010. The quantitative estimate of drug-likeness (QED) is 0.650. The van der Waals surface area contributed by atoms with Gasteiger partial charge in [-0.15, -0.1) is 0 Å². The summed E-state index contributed by atoms with van der Waals surface area (Å²) < 4.78 is 23.9. The van der Waals surface area contributed by atoms with Gasteiger partial charge in [0.25, 0.3) is 0 Å². The van der Waals surface area contributed by atoms with Gasteiger partial charge in [0.2, 0.25) is 0 Å². The summed E-state index contributed by atoms with van der Waals surface area (Å²) in [7, 11) is 3.35. The van der Waals surface area contributed by atoms with Crippen molar-refractivity contribution in [2.24, 2.45) is 5.92 Å². The number of hydrogen-bond donors (Lipinski definition) is 0. The standard InChI is InChI=1S/C23H27NO6/c1-4-29-23(26)18-12-24-6-5-15-9-22(30-13-14-7-16(8-14)27-2)21(28-3)10-17(15)19(24)11-20(18)25/h9-12,14,16H,4-8,13H2,1-3H3. The summed E-state index contributed by atoms with van der Waals surface area (Å²) >= 11 is 0. The van der Waals surface area contributed by atoms with Crippen molar-refractivity contribution < 1.29 is 23.7 Å². The monoisotopic (exact) mass is 413 g/mol. The van der Waals surface area contributed by atoms with Crippen LogP contribution in [0.4, 0.5) is 0 Å². The van der Waals surface area contributed by atoms with E-state index in [1.165, 1.54) is 6.07 Å². The van der Waals surface area contributed by atoms with Crippen LogP contribution in [0.15, 0.2) is 29.2 Å². The smallest absolute Gasteiger partial charge is 0.343 e. The van der Waals surface area contributed by atoms with Gasteiger partial charge in [-0.25, -0.2) is 4.79 Å². The summed E-state index contributed by atoms with van der Waals surface area (Å²) in [4.78, 5) is 24.6. The van der Waals surface area contributed by atoms with Gasteiger partial charge in [-0.3, -0.25) is 4.79 Å². The van der Waals surface area contributed by atoms with Gasteiger partial charge in [-0.05, 0) is 49.8 Å². The van der Waals surface area contributed by atoms with Crippen LogP contribution in [-0.2, 0) is 22.4 Å². The molecule has 2 heterocycles. The molecule has 2 aliphatic rings. The van der Waals surface area contributed by atoms with Gasteiger partial charge in [0, 0.05) is 31.5 Å². The summed E-state index contributed by atoms with van der Waals surface area (Å²) in [5, 5.41) is 0. The molecule has 0 radical (unpaired) electrons. The number of rotatable bonds is 7. The molecule has 7 nitrogen and oxygen atoms in total. The SMILES string of the molecule is CCOC(=O)c1cn2c(cc1=O)-c1cc(OC)c(OCC3CC(OC)C3)cc1CC2. The topological polar surface area (TPSA) is 76.0 Å². The fourth-order valence-electron chi connectivity index (χ4n) is 4.12. The van der Waals surface area contributed by atoms with Crippen molar-refractivity contribution in [3.05, 3.63) is 45.7 Å². The maximum absolute atomic E-state index is 12.5. The van der Waals surface area contributed by atoms with Crippen molar-refractivity contribution >= 4 is 5.97 Å². The van der Waals surface area contributed by atoms with Crippen molar-refractivity contribution in [3.63, 3.8) is 0 Å². The third kappa shape index (κ3) is 3.81. The van der Waals surface area contributed by atoms with Crippen LogP contribution in [-0.4, -0.2) is 44.1 Å². The molecule has 0 bridgehead atoms. The molecule has 0 N–H and O–H groups in total. The Labute approximate surface area is 175 Å². The first-order valence-electron chi connectivity index (χ1n) is 10.3. The largest absolute Gasteiger partial charge is 0.493 e. The van der Waals surface area contributed by atoms with E-state index in [0.29, 0.717) is 30.9 Å². The van der Waals surface area contributed by atoms with E-state index in [0.717, 1.165) is 41.8 Å². The summed E-state index contributed by atoms with van der Waals surface area (Å²) in [6.45, 7) is 3.25. The summed E-state index contributed by atoms with van der Waals surface area (Å²) in [6.07, 6.45) is 4.74. The number of fused-ring (bicyclic) bond motifs is 3. The molecule has 1 fully saturated rings. The molecule has 0 unspecified atom stereocenters.